The molecule has 6 heteroatoms. The number of benzene rings is 1. The third-order valence-corrected chi connectivity index (χ3v) is 4.56. The Balaban J connectivity index is 1.54. The molecular weight excluding hydrogens is 338 g/mol. The summed E-state index contributed by atoms with van der Waals surface area (Å²) in [7, 11) is 0. The molecule has 1 aliphatic rings. The third-order valence-electron chi connectivity index (χ3n) is 4.56. The number of H-pyrrole nitrogens is 1. The van der Waals surface area contributed by atoms with Gasteiger partial charge in [0.15, 0.2) is 0 Å². The van der Waals surface area contributed by atoms with E-state index < -0.39 is 0 Å². The summed E-state index contributed by atoms with van der Waals surface area (Å²) in [5.74, 6) is 6.99. The average Bonchev–Trinajstić information content (AvgIpc) is 3.34. The van der Waals surface area contributed by atoms with Gasteiger partial charge in [0, 0.05) is 24.7 Å². The van der Waals surface area contributed by atoms with Crippen molar-refractivity contribution in [3.63, 3.8) is 0 Å². The maximum Gasteiger partial charge on any atom is 0.246 e. The van der Waals surface area contributed by atoms with Crippen LogP contribution in [0.4, 0.5) is 5.82 Å². The van der Waals surface area contributed by atoms with Crippen molar-refractivity contribution >= 4 is 22.8 Å². The third kappa shape index (κ3) is 3.67. The molecule has 0 radical (unpaired) electrons. The smallest absolute Gasteiger partial charge is 0.246 e. The van der Waals surface area contributed by atoms with Gasteiger partial charge < -0.3 is 15.2 Å². The second-order valence-corrected chi connectivity index (χ2v) is 6.40. The van der Waals surface area contributed by atoms with E-state index in [2.05, 4.69) is 38.7 Å². The van der Waals surface area contributed by atoms with Crippen molar-refractivity contribution in [3.05, 3.63) is 66.6 Å². The molecule has 1 aromatic carbocycles. The minimum atomic E-state index is -0.0350. The predicted molar refractivity (Wildman–Crippen MR) is 105 cm³/mol. The molecule has 3 aromatic rings. The van der Waals surface area contributed by atoms with Gasteiger partial charge in [0.1, 0.15) is 17.8 Å². The molecular formula is C21H19N5O. The molecule has 1 fully saturated rings. The van der Waals surface area contributed by atoms with Crippen LogP contribution < -0.4 is 5.32 Å². The van der Waals surface area contributed by atoms with Gasteiger partial charge in [-0.1, -0.05) is 30.7 Å². The molecule has 0 spiro atoms. The van der Waals surface area contributed by atoms with Crippen molar-refractivity contribution in [1.82, 2.24) is 19.9 Å². The number of aromatic nitrogens is 3. The van der Waals surface area contributed by atoms with Gasteiger partial charge in [0.25, 0.3) is 0 Å². The number of fused-ring (bicyclic) bond motifs is 1. The van der Waals surface area contributed by atoms with E-state index in [1.807, 2.05) is 36.4 Å². The lowest BCUT2D eigenvalue weighted by atomic mass is 10.2. The first-order chi connectivity index (χ1) is 13.2. The molecule has 6 nitrogen and oxygen atoms in total. The van der Waals surface area contributed by atoms with Crippen LogP contribution in [0, 0.1) is 11.8 Å². The topological polar surface area (TPSA) is 73.9 Å². The van der Waals surface area contributed by atoms with Gasteiger partial charge in [-0.25, -0.2) is 9.97 Å². The van der Waals surface area contributed by atoms with Gasteiger partial charge in [0.2, 0.25) is 5.91 Å². The second-order valence-electron chi connectivity index (χ2n) is 6.40. The Morgan fingerprint density at radius 1 is 1.30 bits per heavy atom. The first kappa shape index (κ1) is 16.9. The highest BCUT2D eigenvalue weighted by molar-refractivity contribution is 5.89. The number of aromatic amines is 1. The Kier molecular flexibility index (Phi) is 4.58. The number of carbonyl (C=O) groups is 1. The van der Waals surface area contributed by atoms with Crippen LogP contribution in [0.3, 0.4) is 0 Å². The molecule has 0 unspecified atom stereocenters. The minimum absolute atomic E-state index is 0.0350. The zero-order valence-corrected chi connectivity index (χ0v) is 14.8. The van der Waals surface area contributed by atoms with Gasteiger partial charge in [0.05, 0.1) is 11.1 Å². The van der Waals surface area contributed by atoms with Crippen molar-refractivity contribution < 1.29 is 4.79 Å². The first-order valence-corrected chi connectivity index (χ1v) is 8.81. The first-order valence-electron chi connectivity index (χ1n) is 8.81. The summed E-state index contributed by atoms with van der Waals surface area (Å²) in [5.41, 5.74) is 2.48. The molecule has 1 atom stereocenters. The summed E-state index contributed by atoms with van der Waals surface area (Å²) in [6.07, 6.45) is 3.75. The number of nitrogens with one attached hydrogen (secondary N) is 2. The van der Waals surface area contributed by atoms with Gasteiger partial charge in [-0.2, -0.15) is 0 Å². The molecule has 1 aliphatic heterocycles. The zero-order chi connectivity index (χ0) is 18.6. The molecule has 4 rings (SSSR count). The molecule has 3 heterocycles. The number of amides is 1. The molecule has 0 aliphatic carbocycles. The number of nitrogens with zero attached hydrogens (tertiary/aromatic N) is 3. The van der Waals surface area contributed by atoms with E-state index in [-0.39, 0.29) is 11.9 Å². The Morgan fingerprint density at radius 2 is 2.15 bits per heavy atom. The molecule has 0 saturated carbocycles. The number of hydrogen-bond acceptors (Lipinski definition) is 4. The fourth-order valence-corrected chi connectivity index (χ4v) is 3.18. The lowest BCUT2D eigenvalue weighted by molar-refractivity contribution is -0.125. The monoisotopic (exact) mass is 357 g/mol. The van der Waals surface area contributed by atoms with Crippen LogP contribution in [0.25, 0.3) is 11.0 Å². The molecule has 134 valence electrons. The largest absolute Gasteiger partial charge is 0.365 e. The fourth-order valence-electron chi connectivity index (χ4n) is 3.18. The predicted octanol–water partition coefficient (Wildman–Crippen LogP) is 2.56. The summed E-state index contributed by atoms with van der Waals surface area (Å²) in [5, 5.41) is 4.32. The second kappa shape index (κ2) is 7.34. The number of anilines is 1. The highest BCUT2D eigenvalue weighted by atomic mass is 16.2. The van der Waals surface area contributed by atoms with Crippen molar-refractivity contribution in [2.45, 2.75) is 12.5 Å². The van der Waals surface area contributed by atoms with Crippen LogP contribution in [-0.4, -0.2) is 44.9 Å². The van der Waals surface area contributed by atoms with E-state index in [1.54, 1.807) is 4.90 Å². The number of rotatable bonds is 3. The Labute approximate surface area is 157 Å². The maximum atomic E-state index is 11.8. The molecule has 0 bridgehead atoms. The summed E-state index contributed by atoms with van der Waals surface area (Å²) < 4.78 is 0. The quantitative estimate of drug-likeness (QED) is 0.558. The lowest BCUT2D eigenvalue weighted by Gasteiger charge is -2.15. The number of carbonyl (C=O) groups excluding carboxylic acids is 1. The average molecular weight is 357 g/mol. The molecule has 2 N–H and O–H groups in total. The lowest BCUT2D eigenvalue weighted by Crippen LogP contribution is -2.30. The van der Waals surface area contributed by atoms with E-state index in [0.29, 0.717) is 6.54 Å². The van der Waals surface area contributed by atoms with Gasteiger partial charge >= 0.3 is 0 Å². The van der Waals surface area contributed by atoms with Gasteiger partial charge in [-0.05, 0) is 36.6 Å². The molecule has 2 aromatic heterocycles. The van der Waals surface area contributed by atoms with E-state index in [1.165, 1.54) is 12.4 Å². The zero-order valence-electron chi connectivity index (χ0n) is 14.8. The van der Waals surface area contributed by atoms with E-state index in [9.17, 15) is 4.79 Å². The van der Waals surface area contributed by atoms with Gasteiger partial charge in [-0.3, -0.25) is 4.79 Å². The summed E-state index contributed by atoms with van der Waals surface area (Å²) >= 11 is 0. The molecule has 27 heavy (non-hydrogen) atoms. The van der Waals surface area contributed by atoms with E-state index >= 15 is 0 Å². The summed E-state index contributed by atoms with van der Waals surface area (Å²) in [4.78, 5) is 25.4. The summed E-state index contributed by atoms with van der Waals surface area (Å²) in [6.45, 7) is 4.91. The summed E-state index contributed by atoms with van der Waals surface area (Å²) in [6, 6.07) is 11.9. The Hall–Kier alpha value is -3.59. The van der Waals surface area contributed by atoms with Crippen LogP contribution in [0.2, 0.25) is 0 Å². The minimum Gasteiger partial charge on any atom is -0.365 e. The van der Waals surface area contributed by atoms with Crippen molar-refractivity contribution in [2.24, 2.45) is 0 Å². The van der Waals surface area contributed by atoms with Crippen LogP contribution in [0.1, 0.15) is 17.7 Å². The Morgan fingerprint density at radius 3 is 2.96 bits per heavy atom. The van der Waals surface area contributed by atoms with Crippen molar-refractivity contribution in [2.75, 3.05) is 18.4 Å². The highest BCUT2D eigenvalue weighted by Crippen LogP contribution is 2.23. The van der Waals surface area contributed by atoms with Crippen LogP contribution in [0.15, 0.2) is 55.4 Å². The highest BCUT2D eigenvalue weighted by Gasteiger charge is 2.25. The van der Waals surface area contributed by atoms with E-state index in [0.717, 1.165) is 41.1 Å². The van der Waals surface area contributed by atoms with Crippen molar-refractivity contribution in [3.8, 4) is 11.8 Å². The number of hydrogen-bond donors (Lipinski definition) is 2. The number of likely N-dealkylation sites (tertiary alicyclic amines) is 1. The van der Waals surface area contributed by atoms with Crippen LogP contribution in [0.5, 0.6) is 0 Å². The molecule has 1 saturated heterocycles. The molecule has 1 amide bonds. The standard InChI is InChI=1S/C21H19N5O/c1-2-19(27)26-11-10-17(13-26)25-21-18-12-16(24-20(18)22-14-23-21)9-8-15-6-4-3-5-7-15/h2-7,12,14,17H,1,10-11,13H2,(H2,22,23,24,25)/t17-/m1/s1. The fraction of sp³-hybridized carbons (Fsp3) is 0.190. The van der Waals surface area contributed by atoms with E-state index in [4.69, 9.17) is 0 Å². The SMILES string of the molecule is C=CC(=O)N1CC[C@@H](Nc2ncnc3[nH]c(C#Cc4ccccc4)cc23)C1. The van der Waals surface area contributed by atoms with Crippen LogP contribution in [-0.2, 0) is 4.79 Å². The maximum absolute atomic E-state index is 11.8. The van der Waals surface area contributed by atoms with Crippen molar-refractivity contribution in [1.29, 1.82) is 0 Å². The normalized spacial score (nSPS) is 16.0. The van der Waals surface area contributed by atoms with Crippen LogP contribution >= 0.6 is 0 Å². The Bertz CT molecular complexity index is 1040. The van der Waals surface area contributed by atoms with Gasteiger partial charge in [-0.15, -0.1) is 0 Å².